The third-order valence-corrected chi connectivity index (χ3v) is 5.07. The number of H-pyrrole nitrogens is 1. The monoisotopic (exact) mass is 356 g/mol. The van der Waals surface area contributed by atoms with Gasteiger partial charge in [-0.25, -0.2) is 4.98 Å². The minimum Gasteiger partial charge on any atom is -0.324 e. The van der Waals surface area contributed by atoms with Crippen LogP contribution in [0.1, 0.15) is 12.5 Å². The maximum absolute atomic E-state index is 12.3. The standard InChI is InChI=1S/C16H12N4O2S2/c1-9(13(21)18-12-5-3-2-4-10(12)8-17)24-16-19-14(22)11-6-7-23-15(11)20-16/h2-7,9H,1H3,(H,18,21)(H,19,20,22)/t9-/m0/s1. The van der Waals surface area contributed by atoms with Gasteiger partial charge in [0.1, 0.15) is 10.9 Å². The number of nitriles is 1. The second-order valence-electron chi connectivity index (χ2n) is 4.92. The Morgan fingerprint density at radius 2 is 2.21 bits per heavy atom. The van der Waals surface area contributed by atoms with E-state index in [1.165, 1.54) is 11.3 Å². The maximum Gasteiger partial charge on any atom is 0.260 e. The third-order valence-electron chi connectivity index (χ3n) is 3.28. The van der Waals surface area contributed by atoms with E-state index in [9.17, 15) is 9.59 Å². The summed E-state index contributed by atoms with van der Waals surface area (Å²) in [6, 6.07) is 10.5. The van der Waals surface area contributed by atoms with Crippen LogP contribution in [0.5, 0.6) is 0 Å². The van der Waals surface area contributed by atoms with Crippen molar-refractivity contribution in [3.05, 3.63) is 51.6 Å². The average molecular weight is 356 g/mol. The lowest BCUT2D eigenvalue weighted by molar-refractivity contribution is -0.115. The zero-order valence-corrected chi connectivity index (χ0v) is 14.2. The van der Waals surface area contributed by atoms with Gasteiger partial charge in [0.15, 0.2) is 5.16 Å². The first-order valence-electron chi connectivity index (χ1n) is 7.02. The molecule has 2 N–H and O–H groups in total. The zero-order chi connectivity index (χ0) is 17.1. The quantitative estimate of drug-likeness (QED) is 0.553. The molecule has 1 atom stereocenters. The van der Waals surface area contributed by atoms with E-state index in [1.54, 1.807) is 42.6 Å². The highest BCUT2D eigenvalue weighted by Gasteiger charge is 2.18. The van der Waals surface area contributed by atoms with Crippen LogP contribution < -0.4 is 10.9 Å². The van der Waals surface area contributed by atoms with Gasteiger partial charge in [0, 0.05) is 0 Å². The molecule has 0 saturated carbocycles. The van der Waals surface area contributed by atoms with E-state index in [0.717, 1.165) is 11.8 Å². The number of aromatic nitrogens is 2. The highest BCUT2D eigenvalue weighted by molar-refractivity contribution is 8.00. The molecule has 0 bridgehead atoms. The highest BCUT2D eigenvalue weighted by atomic mass is 32.2. The normalized spacial score (nSPS) is 11.8. The Labute approximate surface area is 145 Å². The number of anilines is 1. The largest absolute Gasteiger partial charge is 0.324 e. The molecule has 0 aliphatic rings. The van der Waals surface area contributed by atoms with Crippen LogP contribution in [0.25, 0.3) is 10.2 Å². The molecule has 2 aromatic heterocycles. The summed E-state index contributed by atoms with van der Waals surface area (Å²) in [6.07, 6.45) is 0. The SMILES string of the molecule is C[C@H](Sc1nc2sccc2c(=O)[nH]1)C(=O)Nc1ccccc1C#N. The van der Waals surface area contributed by atoms with Gasteiger partial charge in [-0.05, 0) is 30.5 Å². The van der Waals surface area contributed by atoms with Crippen molar-refractivity contribution in [1.82, 2.24) is 9.97 Å². The number of thioether (sulfide) groups is 1. The minimum absolute atomic E-state index is 0.216. The van der Waals surface area contributed by atoms with Crippen molar-refractivity contribution in [2.75, 3.05) is 5.32 Å². The zero-order valence-electron chi connectivity index (χ0n) is 12.6. The fourth-order valence-corrected chi connectivity index (χ4v) is 3.67. The Hall–Kier alpha value is -2.63. The van der Waals surface area contributed by atoms with Gasteiger partial charge >= 0.3 is 0 Å². The molecule has 1 amide bonds. The van der Waals surface area contributed by atoms with Gasteiger partial charge in [-0.15, -0.1) is 11.3 Å². The van der Waals surface area contributed by atoms with E-state index in [0.29, 0.717) is 26.6 Å². The average Bonchev–Trinajstić information content (AvgIpc) is 3.04. The lowest BCUT2D eigenvalue weighted by atomic mass is 10.2. The number of thiophene rings is 1. The summed E-state index contributed by atoms with van der Waals surface area (Å²) in [6.45, 7) is 1.72. The van der Waals surface area contributed by atoms with Gasteiger partial charge in [0.05, 0.1) is 21.9 Å². The van der Waals surface area contributed by atoms with Crippen LogP contribution in [0.3, 0.4) is 0 Å². The van der Waals surface area contributed by atoms with Gasteiger partial charge in [-0.2, -0.15) is 5.26 Å². The number of nitrogens with zero attached hydrogens (tertiary/aromatic N) is 2. The number of amides is 1. The Morgan fingerprint density at radius 3 is 3.00 bits per heavy atom. The third kappa shape index (κ3) is 3.32. The molecule has 8 heteroatoms. The smallest absolute Gasteiger partial charge is 0.260 e. The van der Waals surface area contributed by atoms with Crippen molar-refractivity contribution in [3.8, 4) is 6.07 Å². The Bertz CT molecular complexity index is 1000. The number of aromatic amines is 1. The molecule has 0 fully saturated rings. The molecule has 0 unspecified atom stereocenters. The van der Waals surface area contributed by atoms with E-state index in [-0.39, 0.29) is 11.5 Å². The number of fused-ring (bicyclic) bond motifs is 1. The molecule has 0 saturated heterocycles. The number of carbonyl (C=O) groups is 1. The topological polar surface area (TPSA) is 98.6 Å². The number of benzene rings is 1. The molecule has 0 aliphatic heterocycles. The number of rotatable bonds is 4. The van der Waals surface area contributed by atoms with Crippen molar-refractivity contribution in [2.24, 2.45) is 0 Å². The van der Waals surface area contributed by atoms with Crippen LogP contribution in [0.2, 0.25) is 0 Å². The van der Waals surface area contributed by atoms with E-state index < -0.39 is 5.25 Å². The van der Waals surface area contributed by atoms with Crippen LogP contribution in [0, 0.1) is 11.3 Å². The van der Waals surface area contributed by atoms with Crippen LogP contribution in [-0.4, -0.2) is 21.1 Å². The molecule has 6 nitrogen and oxygen atoms in total. The summed E-state index contributed by atoms with van der Waals surface area (Å²) < 4.78 is 0. The van der Waals surface area contributed by atoms with E-state index in [1.807, 2.05) is 6.07 Å². The van der Waals surface area contributed by atoms with Gasteiger partial charge in [-0.1, -0.05) is 23.9 Å². The number of para-hydroxylation sites is 1. The van der Waals surface area contributed by atoms with Crippen LogP contribution in [0.4, 0.5) is 5.69 Å². The minimum atomic E-state index is -0.489. The summed E-state index contributed by atoms with van der Waals surface area (Å²) in [4.78, 5) is 31.9. The summed E-state index contributed by atoms with van der Waals surface area (Å²) in [5.74, 6) is -0.267. The molecule has 3 rings (SSSR count). The second-order valence-corrected chi connectivity index (χ2v) is 7.14. The van der Waals surface area contributed by atoms with Crippen molar-refractivity contribution in [2.45, 2.75) is 17.3 Å². The predicted octanol–water partition coefficient (Wildman–Crippen LogP) is 2.98. The predicted molar refractivity (Wildman–Crippen MR) is 95.3 cm³/mol. The summed E-state index contributed by atoms with van der Waals surface area (Å²) >= 11 is 2.54. The lowest BCUT2D eigenvalue weighted by Gasteiger charge is -2.12. The second kappa shape index (κ2) is 6.86. The van der Waals surface area contributed by atoms with Crippen LogP contribution in [-0.2, 0) is 4.79 Å². The maximum atomic E-state index is 12.3. The Balaban J connectivity index is 1.76. The molecule has 0 aliphatic carbocycles. The van der Waals surface area contributed by atoms with Crippen LogP contribution >= 0.6 is 23.1 Å². The fraction of sp³-hybridized carbons (Fsp3) is 0.125. The van der Waals surface area contributed by atoms with Gasteiger partial charge < -0.3 is 10.3 Å². The first-order chi connectivity index (χ1) is 11.6. The van der Waals surface area contributed by atoms with E-state index in [4.69, 9.17) is 5.26 Å². The summed E-state index contributed by atoms with van der Waals surface area (Å²) in [7, 11) is 0. The van der Waals surface area contributed by atoms with Crippen LogP contribution in [0.15, 0.2) is 45.7 Å². The van der Waals surface area contributed by atoms with Crippen molar-refractivity contribution >= 4 is 44.9 Å². The van der Waals surface area contributed by atoms with E-state index >= 15 is 0 Å². The fourth-order valence-electron chi connectivity index (χ4n) is 2.05. The molecule has 0 radical (unpaired) electrons. The molecule has 2 heterocycles. The molecular weight excluding hydrogens is 344 g/mol. The molecular formula is C16H12N4O2S2. The Morgan fingerprint density at radius 1 is 1.42 bits per heavy atom. The molecule has 120 valence electrons. The first-order valence-corrected chi connectivity index (χ1v) is 8.78. The highest BCUT2D eigenvalue weighted by Crippen LogP contribution is 2.23. The first kappa shape index (κ1) is 16.2. The number of hydrogen-bond donors (Lipinski definition) is 2. The van der Waals surface area contributed by atoms with Gasteiger partial charge in [0.2, 0.25) is 5.91 Å². The molecule has 3 aromatic rings. The van der Waals surface area contributed by atoms with Gasteiger partial charge in [-0.3, -0.25) is 9.59 Å². The van der Waals surface area contributed by atoms with E-state index in [2.05, 4.69) is 15.3 Å². The Kier molecular flexibility index (Phi) is 4.64. The van der Waals surface area contributed by atoms with Crippen molar-refractivity contribution < 1.29 is 4.79 Å². The number of carbonyl (C=O) groups excluding carboxylic acids is 1. The molecule has 0 spiro atoms. The van der Waals surface area contributed by atoms with Crippen molar-refractivity contribution in [3.63, 3.8) is 0 Å². The number of nitrogens with one attached hydrogen (secondary N) is 2. The number of hydrogen-bond acceptors (Lipinski definition) is 6. The molecule has 1 aromatic carbocycles. The lowest BCUT2D eigenvalue weighted by Crippen LogP contribution is -2.23. The summed E-state index contributed by atoms with van der Waals surface area (Å²) in [5.41, 5.74) is 0.647. The molecule has 24 heavy (non-hydrogen) atoms. The summed E-state index contributed by atoms with van der Waals surface area (Å²) in [5, 5.41) is 14.0. The van der Waals surface area contributed by atoms with Gasteiger partial charge in [0.25, 0.3) is 5.56 Å². The van der Waals surface area contributed by atoms with Crippen molar-refractivity contribution in [1.29, 1.82) is 5.26 Å².